The Kier molecular flexibility index (Phi) is 2.97. The van der Waals surface area contributed by atoms with Crippen LogP contribution in [-0.4, -0.2) is 48.1 Å². The molecular formula is C14H26N2. The highest BCUT2D eigenvalue weighted by Gasteiger charge is 2.42. The summed E-state index contributed by atoms with van der Waals surface area (Å²) in [6, 6.07) is 1.70. The van der Waals surface area contributed by atoms with Crippen LogP contribution in [0, 0.1) is 11.8 Å². The Morgan fingerprint density at radius 3 is 2.19 bits per heavy atom. The van der Waals surface area contributed by atoms with Crippen LogP contribution in [0.1, 0.15) is 39.5 Å². The fraction of sp³-hybridized carbons (Fsp3) is 1.00. The lowest BCUT2D eigenvalue weighted by molar-refractivity contribution is 0.0577. The highest BCUT2D eigenvalue weighted by Crippen LogP contribution is 2.46. The van der Waals surface area contributed by atoms with Crippen molar-refractivity contribution in [1.82, 2.24) is 9.80 Å². The normalized spacial score (nSPS) is 41.1. The SMILES string of the molecule is CC(C)N1CCN([C@H]2C[C@H]3CC[C@@H]2C3)CC1. The summed E-state index contributed by atoms with van der Waals surface area (Å²) >= 11 is 0. The second-order valence-electron chi connectivity index (χ2n) is 6.41. The third-order valence-corrected chi connectivity index (χ3v) is 5.25. The molecule has 0 radical (unpaired) electrons. The fourth-order valence-corrected chi connectivity index (χ4v) is 4.24. The second-order valence-corrected chi connectivity index (χ2v) is 6.41. The molecular weight excluding hydrogens is 196 g/mol. The molecule has 3 atom stereocenters. The topological polar surface area (TPSA) is 6.48 Å². The van der Waals surface area contributed by atoms with E-state index in [1.807, 2.05) is 0 Å². The largest absolute Gasteiger partial charge is 0.298 e. The van der Waals surface area contributed by atoms with Gasteiger partial charge in [0.1, 0.15) is 0 Å². The number of piperazine rings is 1. The highest BCUT2D eigenvalue weighted by molar-refractivity contribution is 4.96. The Hall–Kier alpha value is -0.0800. The van der Waals surface area contributed by atoms with Gasteiger partial charge >= 0.3 is 0 Å². The van der Waals surface area contributed by atoms with Gasteiger partial charge in [0, 0.05) is 38.3 Å². The molecule has 0 spiro atoms. The lowest BCUT2D eigenvalue weighted by atomic mass is 9.93. The van der Waals surface area contributed by atoms with E-state index in [9.17, 15) is 0 Å². The van der Waals surface area contributed by atoms with Crippen LogP contribution in [0.2, 0.25) is 0 Å². The van der Waals surface area contributed by atoms with E-state index in [0.29, 0.717) is 0 Å². The summed E-state index contributed by atoms with van der Waals surface area (Å²) in [5.41, 5.74) is 0. The first-order valence-electron chi connectivity index (χ1n) is 7.22. The molecule has 3 aliphatic rings. The summed E-state index contributed by atoms with van der Waals surface area (Å²) in [6.07, 6.45) is 6.13. The Bertz CT molecular complexity index is 243. The smallest absolute Gasteiger partial charge is 0.0127 e. The van der Waals surface area contributed by atoms with Gasteiger partial charge in [-0.1, -0.05) is 6.42 Å². The summed E-state index contributed by atoms with van der Waals surface area (Å²) in [6.45, 7) is 9.90. The predicted molar refractivity (Wildman–Crippen MR) is 67.5 cm³/mol. The van der Waals surface area contributed by atoms with Gasteiger partial charge in [0.2, 0.25) is 0 Å². The first-order chi connectivity index (χ1) is 7.74. The standard InChI is InChI=1S/C14H26N2/c1-11(2)15-5-7-16(8-6-15)14-10-12-3-4-13(14)9-12/h11-14H,3-10H2,1-2H3/t12-,13+,14-/m0/s1. The Balaban J connectivity index is 1.54. The first-order valence-corrected chi connectivity index (χ1v) is 7.22. The van der Waals surface area contributed by atoms with Crippen LogP contribution in [-0.2, 0) is 0 Å². The van der Waals surface area contributed by atoms with Gasteiger partial charge in [0.25, 0.3) is 0 Å². The zero-order valence-corrected chi connectivity index (χ0v) is 10.9. The number of hydrogen-bond donors (Lipinski definition) is 0. The van der Waals surface area contributed by atoms with Crippen molar-refractivity contribution >= 4 is 0 Å². The van der Waals surface area contributed by atoms with Crippen LogP contribution in [0.25, 0.3) is 0 Å². The molecule has 92 valence electrons. The van der Waals surface area contributed by atoms with Crippen molar-refractivity contribution in [3.63, 3.8) is 0 Å². The van der Waals surface area contributed by atoms with Crippen LogP contribution >= 0.6 is 0 Å². The Labute approximate surface area is 100.0 Å². The van der Waals surface area contributed by atoms with Crippen molar-refractivity contribution in [2.75, 3.05) is 26.2 Å². The van der Waals surface area contributed by atoms with Crippen molar-refractivity contribution in [2.45, 2.75) is 51.6 Å². The Morgan fingerprint density at radius 2 is 1.69 bits per heavy atom. The summed E-state index contributed by atoms with van der Waals surface area (Å²) in [7, 11) is 0. The van der Waals surface area contributed by atoms with Crippen LogP contribution in [0.15, 0.2) is 0 Å². The molecule has 0 aromatic rings. The van der Waals surface area contributed by atoms with Crippen molar-refractivity contribution in [2.24, 2.45) is 11.8 Å². The number of rotatable bonds is 2. The fourth-order valence-electron chi connectivity index (χ4n) is 4.24. The molecule has 1 aliphatic heterocycles. The summed E-state index contributed by atoms with van der Waals surface area (Å²) in [5, 5.41) is 0. The van der Waals surface area contributed by atoms with Gasteiger partial charge < -0.3 is 0 Å². The zero-order valence-electron chi connectivity index (χ0n) is 10.9. The van der Waals surface area contributed by atoms with Gasteiger partial charge in [-0.15, -0.1) is 0 Å². The van der Waals surface area contributed by atoms with Gasteiger partial charge in [0.05, 0.1) is 0 Å². The molecule has 2 nitrogen and oxygen atoms in total. The summed E-state index contributed by atoms with van der Waals surface area (Å²) in [5.74, 6) is 2.16. The monoisotopic (exact) mass is 222 g/mol. The molecule has 0 aromatic carbocycles. The van der Waals surface area contributed by atoms with Crippen LogP contribution in [0.5, 0.6) is 0 Å². The molecule has 2 heteroatoms. The minimum Gasteiger partial charge on any atom is -0.298 e. The van der Waals surface area contributed by atoms with Gasteiger partial charge in [-0.3, -0.25) is 9.80 Å². The maximum atomic E-state index is 2.81. The van der Waals surface area contributed by atoms with Gasteiger partial charge in [0.15, 0.2) is 0 Å². The molecule has 3 rings (SSSR count). The minimum atomic E-state index is 0.738. The summed E-state index contributed by atoms with van der Waals surface area (Å²) < 4.78 is 0. The lowest BCUT2D eigenvalue weighted by Crippen LogP contribution is -2.53. The van der Waals surface area contributed by atoms with E-state index >= 15 is 0 Å². The van der Waals surface area contributed by atoms with Crippen molar-refractivity contribution in [3.05, 3.63) is 0 Å². The minimum absolute atomic E-state index is 0.738. The van der Waals surface area contributed by atoms with Crippen LogP contribution in [0.3, 0.4) is 0 Å². The zero-order chi connectivity index (χ0) is 11.1. The molecule has 0 unspecified atom stereocenters. The molecule has 0 N–H and O–H groups in total. The molecule has 2 saturated carbocycles. The predicted octanol–water partition coefficient (Wildman–Crippen LogP) is 2.20. The first kappa shape index (κ1) is 11.0. The van der Waals surface area contributed by atoms with E-state index in [2.05, 4.69) is 23.6 Å². The second kappa shape index (κ2) is 4.30. The average Bonchev–Trinajstić information content (AvgIpc) is 2.91. The van der Waals surface area contributed by atoms with E-state index in [1.54, 1.807) is 6.42 Å². The van der Waals surface area contributed by atoms with E-state index in [0.717, 1.165) is 23.9 Å². The maximum absolute atomic E-state index is 2.81. The van der Waals surface area contributed by atoms with Gasteiger partial charge in [-0.2, -0.15) is 0 Å². The van der Waals surface area contributed by atoms with E-state index in [4.69, 9.17) is 0 Å². The third-order valence-electron chi connectivity index (χ3n) is 5.25. The molecule has 1 saturated heterocycles. The Morgan fingerprint density at radius 1 is 0.938 bits per heavy atom. The van der Waals surface area contributed by atoms with Crippen molar-refractivity contribution in [3.8, 4) is 0 Å². The number of hydrogen-bond acceptors (Lipinski definition) is 2. The van der Waals surface area contributed by atoms with Crippen molar-refractivity contribution < 1.29 is 0 Å². The molecule has 16 heavy (non-hydrogen) atoms. The van der Waals surface area contributed by atoms with Gasteiger partial charge in [-0.25, -0.2) is 0 Å². The number of nitrogens with zero attached hydrogens (tertiary/aromatic N) is 2. The molecule has 0 aromatic heterocycles. The van der Waals surface area contributed by atoms with Gasteiger partial charge in [-0.05, 0) is 44.9 Å². The van der Waals surface area contributed by atoms with E-state index in [1.165, 1.54) is 45.4 Å². The molecule has 3 fully saturated rings. The molecule has 0 amide bonds. The maximum Gasteiger partial charge on any atom is 0.0127 e. The molecule has 2 aliphatic carbocycles. The highest BCUT2D eigenvalue weighted by atomic mass is 15.3. The van der Waals surface area contributed by atoms with Crippen molar-refractivity contribution in [1.29, 1.82) is 0 Å². The average molecular weight is 222 g/mol. The van der Waals surface area contributed by atoms with E-state index in [-0.39, 0.29) is 0 Å². The van der Waals surface area contributed by atoms with E-state index < -0.39 is 0 Å². The molecule has 1 heterocycles. The van der Waals surface area contributed by atoms with Crippen LogP contribution < -0.4 is 0 Å². The summed E-state index contributed by atoms with van der Waals surface area (Å²) in [4.78, 5) is 5.44. The quantitative estimate of drug-likeness (QED) is 0.707. The van der Waals surface area contributed by atoms with Crippen LogP contribution in [0.4, 0.5) is 0 Å². The number of fused-ring (bicyclic) bond motifs is 2. The third kappa shape index (κ3) is 1.91. The lowest BCUT2D eigenvalue weighted by Gasteiger charge is -2.42. The molecule has 2 bridgehead atoms.